The maximum Gasteiger partial charge on any atom is 0.277 e. The third-order valence-electron chi connectivity index (χ3n) is 3.55. The lowest BCUT2D eigenvalue weighted by Gasteiger charge is -2.06. The van der Waals surface area contributed by atoms with Crippen LogP contribution in [0, 0.1) is 13.8 Å². The molecule has 0 fully saturated rings. The molecule has 0 saturated heterocycles. The van der Waals surface area contributed by atoms with Crippen molar-refractivity contribution in [3.63, 3.8) is 0 Å². The fraction of sp³-hybridized carbons (Fsp3) is 0.167. The van der Waals surface area contributed by atoms with Gasteiger partial charge >= 0.3 is 0 Å². The predicted octanol–water partition coefficient (Wildman–Crippen LogP) is 4.85. The minimum atomic E-state index is -0.123. The van der Waals surface area contributed by atoms with E-state index in [2.05, 4.69) is 31.4 Å². The number of hydrogen-bond donors (Lipinski definition) is 1. The van der Waals surface area contributed by atoms with Gasteiger partial charge in [-0.3, -0.25) is 4.79 Å². The molecule has 25 heavy (non-hydrogen) atoms. The monoisotopic (exact) mass is 417 g/mol. The molecule has 7 heteroatoms. The van der Waals surface area contributed by atoms with Crippen LogP contribution in [0.3, 0.4) is 0 Å². The standard InChI is InChI=1S/C18H16BrN3O2S/c1-11-5-3-4-6-14(11)17-21-22-18(24-17)25-10-16(23)20-13-7-8-15(19)12(2)9-13/h3-9H,10H2,1-2H3,(H,20,23). The molecule has 3 rings (SSSR count). The Labute approximate surface area is 158 Å². The molecular weight excluding hydrogens is 402 g/mol. The Bertz CT molecular complexity index is 911. The molecule has 5 nitrogen and oxygen atoms in total. The molecule has 2 aromatic carbocycles. The van der Waals surface area contributed by atoms with Crippen LogP contribution in [0.4, 0.5) is 5.69 Å². The van der Waals surface area contributed by atoms with E-state index >= 15 is 0 Å². The molecule has 0 aliphatic carbocycles. The summed E-state index contributed by atoms with van der Waals surface area (Å²) in [4.78, 5) is 12.1. The molecule has 0 saturated carbocycles. The van der Waals surface area contributed by atoms with Gasteiger partial charge in [-0.2, -0.15) is 0 Å². The second-order valence-corrected chi connectivity index (χ2v) is 7.27. The summed E-state index contributed by atoms with van der Waals surface area (Å²) in [6, 6.07) is 13.5. The highest BCUT2D eigenvalue weighted by atomic mass is 79.9. The molecule has 1 amide bonds. The van der Waals surface area contributed by atoms with E-state index in [1.54, 1.807) is 0 Å². The molecule has 0 aliphatic heterocycles. The van der Waals surface area contributed by atoms with E-state index in [1.165, 1.54) is 11.8 Å². The van der Waals surface area contributed by atoms with Crippen molar-refractivity contribution >= 4 is 39.3 Å². The molecule has 0 aliphatic rings. The Morgan fingerprint density at radius 1 is 1.16 bits per heavy atom. The van der Waals surface area contributed by atoms with Crippen LogP contribution in [0.5, 0.6) is 0 Å². The number of nitrogens with one attached hydrogen (secondary N) is 1. The normalized spacial score (nSPS) is 10.7. The number of rotatable bonds is 5. The average Bonchev–Trinajstić information content (AvgIpc) is 3.05. The van der Waals surface area contributed by atoms with Gasteiger partial charge in [-0.15, -0.1) is 10.2 Å². The minimum Gasteiger partial charge on any atom is -0.411 e. The summed E-state index contributed by atoms with van der Waals surface area (Å²) < 4.78 is 6.65. The van der Waals surface area contributed by atoms with Gasteiger partial charge in [0.1, 0.15) is 0 Å². The van der Waals surface area contributed by atoms with Gasteiger partial charge in [0.15, 0.2) is 0 Å². The van der Waals surface area contributed by atoms with Crippen LogP contribution in [-0.4, -0.2) is 21.9 Å². The summed E-state index contributed by atoms with van der Waals surface area (Å²) in [5.74, 6) is 0.539. The molecule has 1 heterocycles. The maximum atomic E-state index is 12.1. The average molecular weight is 418 g/mol. The van der Waals surface area contributed by atoms with E-state index in [0.717, 1.165) is 26.9 Å². The summed E-state index contributed by atoms with van der Waals surface area (Å²) in [6.45, 7) is 3.96. The van der Waals surface area contributed by atoms with Gasteiger partial charge < -0.3 is 9.73 Å². The van der Waals surface area contributed by atoms with E-state index in [0.29, 0.717) is 11.1 Å². The smallest absolute Gasteiger partial charge is 0.277 e. The highest BCUT2D eigenvalue weighted by Gasteiger charge is 2.12. The van der Waals surface area contributed by atoms with Crippen molar-refractivity contribution in [1.29, 1.82) is 0 Å². The Kier molecular flexibility index (Phi) is 5.55. The van der Waals surface area contributed by atoms with Crippen LogP contribution in [0.2, 0.25) is 0 Å². The SMILES string of the molecule is Cc1cc(NC(=O)CSc2nnc(-c3ccccc3C)o2)ccc1Br. The third kappa shape index (κ3) is 4.49. The number of aryl methyl sites for hydroxylation is 2. The molecule has 0 spiro atoms. The maximum absolute atomic E-state index is 12.1. The highest BCUT2D eigenvalue weighted by Crippen LogP contribution is 2.26. The van der Waals surface area contributed by atoms with Crippen LogP contribution < -0.4 is 5.32 Å². The van der Waals surface area contributed by atoms with Gasteiger partial charge in [0.2, 0.25) is 11.8 Å². The number of anilines is 1. The van der Waals surface area contributed by atoms with E-state index in [4.69, 9.17) is 4.42 Å². The van der Waals surface area contributed by atoms with Gasteiger partial charge in [-0.1, -0.05) is 45.9 Å². The molecule has 1 aromatic heterocycles. The largest absolute Gasteiger partial charge is 0.411 e. The number of amides is 1. The molecule has 0 radical (unpaired) electrons. The number of benzene rings is 2. The number of aromatic nitrogens is 2. The lowest BCUT2D eigenvalue weighted by Crippen LogP contribution is -2.14. The Hall–Kier alpha value is -2.12. The lowest BCUT2D eigenvalue weighted by atomic mass is 10.1. The number of thioether (sulfide) groups is 1. The van der Waals surface area contributed by atoms with E-state index in [1.807, 2.05) is 56.3 Å². The van der Waals surface area contributed by atoms with Gasteiger partial charge in [0.25, 0.3) is 5.22 Å². The number of carbonyl (C=O) groups is 1. The molecule has 1 N–H and O–H groups in total. The minimum absolute atomic E-state index is 0.123. The zero-order valence-corrected chi connectivity index (χ0v) is 16.1. The zero-order chi connectivity index (χ0) is 17.8. The van der Waals surface area contributed by atoms with Gasteiger partial charge in [-0.05, 0) is 49.2 Å². The quantitative estimate of drug-likeness (QED) is 0.601. The van der Waals surface area contributed by atoms with E-state index in [9.17, 15) is 4.79 Å². The molecule has 3 aromatic rings. The summed E-state index contributed by atoms with van der Waals surface area (Å²) >= 11 is 4.65. The van der Waals surface area contributed by atoms with Gasteiger partial charge in [-0.25, -0.2) is 0 Å². The molecule has 0 bridgehead atoms. The second kappa shape index (κ2) is 7.84. The third-order valence-corrected chi connectivity index (χ3v) is 5.26. The Morgan fingerprint density at radius 3 is 2.72 bits per heavy atom. The van der Waals surface area contributed by atoms with Crippen LogP contribution in [0.1, 0.15) is 11.1 Å². The zero-order valence-electron chi connectivity index (χ0n) is 13.7. The second-order valence-electron chi connectivity index (χ2n) is 5.49. The summed E-state index contributed by atoms with van der Waals surface area (Å²) in [7, 11) is 0. The highest BCUT2D eigenvalue weighted by molar-refractivity contribution is 9.10. The van der Waals surface area contributed by atoms with Crippen LogP contribution in [0.15, 0.2) is 56.6 Å². The summed E-state index contributed by atoms with van der Waals surface area (Å²) in [5.41, 5.74) is 3.78. The van der Waals surface area contributed by atoms with Crippen molar-refractivity contribution in [3.05, 3.63) is 58.1 Å². The Morgan fingerprint density at radius 2 is 1.96 bits per heavy atom. The molecular formula is C18H16BrN3O2S. The van der Waals surface area contributed by atoms with Crippen molar-refractivity contribution in [2.75, 3.05) is 11.1 Å². The fourth-order valence-electron chi connectivity index (χ4n) is 2.24. The van der Waals surface area contributed by atoms with Gasteiger partial charge in [0, 0.05) is 15.7 Å². The van der Waals surface area contributed by atoms with E-state index < -0.39 is 0 Å². The number of hydrogen-bond acceptors (Lipinski definition) is 5. The summed E-state index contributed by atoms with van der Waals surface area (Å²) in [6.07, 6.45) is 0. The first-order valence-electron chi connectivity index (χ1n) is 7.61. The number of nitrogens with zero attached hydrogens (tertiary/aromatic N) is 2. The number of carbonyl (C=O) groups excluding carboxylic acids is 1. The van der Waals surface area contributed by atoms with Crippen LogP contribution in [-0.2, 0) is 4.79 Å². The summed E-state index contributed by atoms with van der Waals surface area (Å²) in [5, 5.41) is 11.3. The first-order chi connectivity index (χ1) is 12.0. The Balaban J connectivity index is 1.59. The predicted molar refractivity (Wildman–Crippen MR) is 103 cm³/mol. The lowest BCUT2D eigenvalue weighted by molar-refractivity contribution is -0.113. The van der Waals surface area contributed by atoms with Crippen LogP contribution in [0.25, 0.3) is 11.5 Å². The molecule has 128 valence electrons. The van der Waals surface area contributed by atoms with Crippen LogP contribution >= 0.6 is 27.7 Å². The molecule has 0 atom stereocenters. The fourth-order valence-corrected chi connectivity index (χ4v) is 3.05. The first kappa shape index (κ1) is 17.7. The van der Waals surface area contributed by atoms with Crippen molar-refractivity contribution in [1.82, 2.24) is 10.2 Å². The van der Waals surface area contributed by atoms with Crippen molar-refractivity contribution in [2.24, 2.45) is 0 Å². The van der Waals surface area contributed by atoms with Gasteiger partial charge in [0.05, 0.1) is 5.75 Å². The number of halogens is 1. The first-order valence-corrected chi connectivity index (χ1v) is 9.39. The van der Waals surface area contributed by atoms with Crippen molar-refractivity contribution < 1.29 is 9.21 Å². The topological polar surface area (TPSA) is 68.0 Å². The van der Waals surface area contributed by atoms with E-state index in [-0.39, 0.29) is 11.7 Å². The molecule has 0 unspecified atom stereocenters. The van der Waals surface area contributed by atoms with Crippen molar-refractivity contribution in [3.8, 4) is 11.5 Å². The van der Waals surface area contributed by atoms with Crippen molar-refractivity contribution in [2.45, 2.75) is 19.1 Å².